The number of carbonyl (C=O) groups is 1. The van der Waals surface area contributed by atoms with Crippen molar-refractivity contribution in [2.24, 2.45) is 5.73 Å². The van der Waals surface area contributed by atoms with Crippen LogP contribution in [0.5, 0.6) is 11.5 Å². The fourth-order valence-corrected chi connectivity index (χ4v) is 4.79. The van der Waals surface area contributed by atoms with Gasteiger partial charge in [0.2, 0.25) is 6.79 Å². The minimum absolute atomic E-state index is 0.0901. The molecule has 0 saturated heterocycles. The molecule has 0 spiro atoms. The van der Waals surface area contributed by atoms with E-state index >= 15 is 0 Å². The second-order valence-electron chi connectivity index (χ2n) is 5.20. The molecule has 8 heteroatoms. The summed E-state index contributed by atoms with van der Waals surface area (Å²) in [5.41, 5.74) is 4.61. The Labute approximate surface area is 121 Å². The van der Waals surface area contributed by atoms with Crippen molar-refractivity contribution in [3.8, 4) is 11.5 Å². The van der Waals surface area contributed by atoms with Crippen LogP contribution in [0.4, 0.5) is 0 Å². The lowest BCUT2D eigenvalue weighted by Crippen LogP contribution is -2.40. The van der Waals surface area contributed by atoms with Gasteiger partial charge in [-0.1, -0.05) is 13.0 Å². The Bertz CT molecular complexity index is 715. The van der Waals surface area contributed by atoms with Gasteiger partial charge in [-0.2, -0.15) is 0 Å². The first-order chi connectivity index (χ1) is 9.82. The normalized spacial score (nSPS) is 30.2. The van der Waals surface area contributed by atoms with Crippen LogP contribution in [0.1, 0.15) is 18.4 Å². The third-order valence-electron chi connectivity index (χ3n) is 4.09. The van der Waals surface area contributed by atoms with Gasteiger partial charge in [-0.05, 0) is 17.7 Å². The summed E-state index contributed by atoms with van der Waals surface area (Å²) >= 11 is 0. The summed E-state index contributed by atoms with van der Waals surface area (Å²) in [4.78, 5) is 11.4. The molecule has 7 nitrogen and oxygen atoms in total. The Morgan fingerprint density at radius 2 is 2.10 bits per heavy atom. The Kier molecular flexibility index (Phi) is 2.93. The number of carboxylic acids is 1. The summed E-state index contributed by atoms with van der Waals surface area (Å²) < 4.78 is 34.6. The van der Waals surface area contributed by atoms with Crippen molar-refractivity contribution in [1.29, 1.82) is 0 Å². The average Bonchev–Trinajstić information content (AvgIpc) is 2.87. The largest absolute Gasteiger partial charge is 0.480 e. The van der Waals surface area contributed by atoms with E-state index in [1.807, 2.05) is 0 Å². The van der Waals surface area contributed by atoms with Gasteiger partial charge in [-0.15, -0.1) is 0 Å². The van der Waals surface area contributed by atoms with E-state index in [1.165, 1.54) is 6.92 Å². The molecule has 1 aromatic rings. The molecule has 1 heterocycles. The highest BCUT2D eigenvalue weighted by Crippen LogP contribution is 2.55. The van der Waals surface area contributed by atoms with E-state index in [1.54, 1.807) is 18.2 Å². The van der Waals surface area contributed by atoms with E-state index in [0.29, 0.717) is 17.1 Å². The lowest BCUT2D eigenvalue weighted by atomic mass is 10.1. The smallest absolute Gasteiger partial charge is 0.325 e. The molecule has 1 aliphatic heterocycles. The first-order valence-electron chi connectivity index (χ1n) is 6.45. The van der Waals surface area contributed by atoms with Gasteiger partial charge in [-0.25, -0.2) is 8.42 Å². The zero-order valence-corrected chi connectivity index (χ0v) is 12.1. The Morgan fingerprint density at radius 1 is 1.43 bits per heavy atom. The Morgan fingerprint density at radius 3 is 2.71 bits per heavy atom. The van der Waals surface area contributed by atoms with Crippen LogP contribution in [0.3, 0.4) is 0 Å². The second kappa shape index (κ2) is 4.35. The molecular weight excluding hydrogens is 298 g/mol. The third-order valence-corrected chi connectivity index (χ3v) is 6.34. The summed E-state index contributed by atoms with van der Waals surface area (Å²) in [6.07, 6.45) is 0. The molecule has 1 aromatic carbocycles. The average molecular weight is 313 g/mol. The van der Waals surface area contributed by atoms with Crippen molar-refractivity contribution >= 4 is 15.8 Å². The van der Waals surface area contributed by atoms with E-state index in [9.17, 15) is 18.3 Å². The first-order valence-corrected chi connectivity index (χ1v) is 8.17. The number of fused-ring (bicyclic) bond motifs is 1. The molecule has 21 heavy (non-hydrogen) atoms. The van der Waals surface area contributed by atoms with Crippen molar-refractivity contribution in [3.05, 3.63) is 23.8 Å². The zero-order valence-electron chi connectivity index (χ0n) is 11.3. The fraction of sp³-hybridized carbons (Fsp3) is 0.462. The van der Waals surface area contributed by atoms with Gasteiger partial charge < -0.3 is 20.3 Å². The highest BCUT2D eigenvalue weighted by molar-refractivity contribution is 7.92. The molecule has 1 fully saturated rings. The van der Waals surface area contributed by atoms with Crippen LogP contribution in [-0.4, -0.2) is 42.8 Å². The topological polar surface area (TPSA) is 116 Å². The predicted octanol–water partition coefficient (Wildman–Crippen LogP) is 0.0979. The van der Waals surface area contributed by atoms with Gasteiger partial charge in [0, 0.05) is 11.7 Å². The summed E-state index contributed by atoms with van der Waals surface area (Å²) in [6.45, 7) is 1.57. The standard InChI is InChI=1S/C13H15NO6S/c1-2-21(17,18)11-10(13(11,14)12(15)16)7-3-4-8-9(5-7)20-6-19-8/h3-5,10-11H,2,6,14H2,1H3,(H,15,16). The second-order valence-corrected chi connectivity index (χ2v) is 7.61. The number of ether oxygens (including phenoxy) is 2. The molecule has 114 valence electrons. The Balaban J connectivity index is 2.03. The number of aliphatic carboxylic acids is 1. The molecule has 0 bridgehead atoms. The van der Waals surface area contributed by atoms with E-state index in [2.05, 4.69) is 0 Å². The number of hydrogen-bond acceptors (Lipinski definition) is 6. The molecule has 3 atom stereocenters. The number of rotatable bonds is 4. The van der Waals surface area contributed by atoms with Crippen LogP contribution in [0.2, 0.25) is 0 Å². The summed E-state index contributed by atoms with van der Waals surface area (Å²) in [6, 6.07) is 4.87. The number of hydrogen-bond donors (Lipinski definition) is 2. The van der Waals surface area contributed by atoms with Crippen molar-refractivity contribution < 1.29 is 27.8 Å². The monoisotopic (exact) mass is 313 g/mol. The molecule has 0 radical (unpaired) electrons. The van der Waals surface area contributed by atoms with Crippen LogP contribution in [0.15, 0.2) is 18.2 Å². The summed E-state index contributed by atoms with van der Waals surface area (Å²) in [5, 5.41) is 8.20. The minimum Gasteiger partial charge on any atom is -0.480 e. The van der Waals surface area contributed by atoms with Gasteiger partial charge in [0.15, 0.2) is 21.3 Å². The van der Waals surface area contributed by atoms with E-state index in [-0.39, 0.29) is 12.5 Å². The van der Waals surface area contributed by atoms with Gasteiger partial charge >= 0.3 is 5.97 Å². The molecule has 3 unspecified atom stereocenters. The maximum absolute atomic E-state index is 12.1. The van der Waals surface area contributed by atoms with E-state index in [4.69, 9.17) is 15.2 Å². The van der Waals surface area contributed by atoms with Gasteiger partial charge in [0.05, 0.1) is 5.25 Å². The van der Waals surface area contributed by atoms with Crippen LogP contribution < -0.4 is 15.2 Å². The molecule has 0 aromatic heterocycles. The lowest BCUT2D eigenvalue weighted by molar-refractivity contribution is -0.139. The molecule has 1 aliphatic carbocycles. The fourth-order valence-electron chi connectivity index (χ4n) is 2.87. The zero-order chi connectivity index (χ0) is 15.4. The number of carboxylic acid groups (broad SMARTS) is 1. The molecular formula is C13H15NO6S. The maximum atomic E-state index is 12.1. The molecule has 0 amide bonds. The van der Waals surface area contributed by atoms with Crippen molar-refractivity contribution in [1.82, 2.24) is 0 Å². The first kappa shape index (κ1) is 14.2. The van der Waals surface area contributed by atoms with Crippen LogP contribution in [0, 0.1) is 0 Å². The van der Waals surface area contributed by atoms with Gasteiger partial charge in [-0.3, -0.25) is 4.79 Å². The number of benzene rings is 1. The highest BCUT2D eigenvalue weighted by atomic mass is 32.2. The van der Waals surface area contributed by atoms with Crippen molar-refractivity contribution in [2.45, 2.75) is 23.6 Å². The molecule has 3 rings (SSSR count). The Hall–Kier alpha value is -1.80. The van der Waals surface area contributed by atoms with Crippen LogP contribution in [0.25, 0.3) is 0 Å². The molecule has 3 N–H and O–H groups in total. The van der Waals surface area contributed by atoms with Gasteiger partial charge in [0.1, 0.15) is 5.54 Å². The third kappa shape index (κ3) is 1.90. The lowest BCUT2D eigenvalue weighted by Gasteiger charge is -2.05. The van der Waals surface area contributed by atoms with E-state index < -0.39 is 32.5 Å². The van der Waals surface area contributed by atoms with Crippen LogP contribution in [-0.2, 0) is 14.6 Å². The molecule has 2 aliphatic rings. The van der Waals surface area contributed by atoms with Crippen LogP contribution >= 0.6 is 0 Å². The predicted molar refractivity (Wildman–Crippen MR) is 73.1 cm³/mol. The van der Waals surface area contributed by atoms with Gasteiger partial charge in [0.25, 0.3) is 0 Å². The quantitative estimate of drug-likeness (QED) is 0.809. The highest BCUT2D eigenvalue weighted by Gasteiger charge is 2.73. The number of nitrogens with two attached hydrogens (primary N) is 1. The minimum atomic E-state index is -3.57. The van der Waals surface area contributed by atoms with E-state index in [0.717, 1.165) is 0 Å². The maximum Gasteiger partial charge on any atom is 0.325 e. The molecule has 1 saturated carbocycles. The summed E-state index contributed by atoms with van der Waals surface area (Å²) in [5.74, 6) is -1.22. The summed E-state index contributed by atoms with van der Waals surface area (Å²) in [7, 11) is -3.57. The number of sulfone groups is 1. The SMILES string of the molecule is CCS(=O)(=O)C1C(c2ccc3c(c2)OCO3)C1(N)C(=O)O. The van der Waals surface area contributed by atoms with Crippen molar-refractivity contribution in [3.63, 3.8) is 0 Å². The van der Waals surface area contributed by atoms with Crippen molar-refractivity contribution in [2.75, 3.05) is 12.5 Å².